The Morgan fingerprint density at radius 3 is 2.65 bits per heavy atom. The van der Waals surface area contributed by atoms with Crippen LogP contribution in [-0.2, 0) is 0 Å². The van der Waals surface area contributed by atoms with Gasteiger partial charge in [0, 0.05) is 12.5 Å². The first-order valence-corrected chi connectivity index (χ1v) is 5.96. The average Bonchev–Trinajstić information content (AvgIpc) is 2.53. The molecule has 17 heavy (non-hydrogen) atoms. The quantitative estimate of drug-likeness (QED) is 0.905. The number of hydrogen-bond donors (Lipinski definition) is 1. The summed E-state index contributed by atoms with van der Waals surface area (Å²) in [7, 11) is 0. The topological polar surface area (TPSA) is 44.5 Å². The zero-order chi connectivity index (χ0) is 11.4. The SMILES string of the molecule is CCCC(N)c1ccc2c(c1)OCCCO2.Cl. The number of fused-ring (bicyclic) bond motifs is 1. The molecular formula is C13H20ClNO2. The van der Waals surface area contributed by atoms with Crippen molar-refractivity contribution in [3.63, 3.8) is 0 Å². The van der Waals surface area contributed by atoms with Crippen molar-refractivity contribution in [2.75, 3.05) is 13.2 Å². The highest BCUT2D eigenvalue weighted by Crippen LogP contribution is 2.32. The fourth-order valence-electron chi connectivity index (χ4n) is 1.89. The average molecular weight is 258 g/mol. The number of benzene rings is 1. The van der Waals surface area contributed by atoms with Crippen molar-refractivity contribution in [1.29, 1.82) is 0 Å². The van der Waals surface area contributed by atoms with Gasteiger partial charge in [-0.05, 0) is 24.1 Å². The second kappa shape index (κ2) is 6.72. The van der Waals surface area contributed by atoms with E-state index in [0.717, 1.165) is 49.5 Å². The van der Waals surface area contributed by atoms with Crippen LogP contribution in [-0.4, -0.2) is 13.2 Å². The molecular weight excluding hydrogens is 238 g/mol. The second-order valence-electron chi connectivity index (χ2n) is 4.15. The first kappa shape index (κ1) is 14.1. The minimum absolute atomic E-state index is 0. The molecule has 0 spiro atoms. The summed E-state index contributed by atoms with van der Waals surface area (Å²) in [4.78, 5) is 0. The van der Waals surface area contributed by atoms with E-state index in [4.69, 9.17) is 15.2 Å². The lowest BCUT2D eigenvalue weighted by molar-refractivity contribution is 0.297. The highest BCUT2D eigenvalue weighted by Gasteiger charge is 2.13. The predicted molar refractivity (Wildman–Crippen MR) is 71.1 cm³/mol. The van der Waals surface area contributed by atoms with Gasteiger partial charge in [-0.1, -0.05) is 19.4 Å². The van der Waals surface area contributed by atoms with Gasteiger partial charge in [-0.15, -0.1) is 12.4 Å². The third-order valence-corrected chi connectivity index (χ3v) is 2.80. The maximum Gasteiger partial charge on any atom is 0.161 e. The molecule has 1 aromatic rings. The van der Waals surface area contributed by atoms with E-state index < -0.39 is 0 Å². The van der Waals surface area contributed by atoms with E-state index in [1.807, 2.05) is 18.2 Å². The molecule has 3 nitrogen and oxygen atoms in total. The van der Waals surface area contributed by atoms with Crippen molar-refractivity contribution < 1.29 is 9.47 Å². The van der Waals surface area contributed by atoms with Gasteiger partial charge in [0.05, 0.1) is 13.2 Å². The van der Waals surface area contributed by atoms with Crippen molar-refractivity contribution in [2.24, 2.45) is 5.73 Å². The third-order valence-electron chi connectivity index (χ3n) is 2.80. The second-order valence-corrected chi connectivity index (χ2v) is 4.15. The van der Waals surface area contributed by atoms with Crippen LogP contribution in [0.3, 0.4) is 0 Å². The fraction of sp³-hybridized carbons (Fsp3) is 0.538. The summed E-state index contributed by atoms with van der Waals surface area (Å²) in [5.74, 6) is 1.67. The largest absolute Gasteiger partial charge is 0.490 e. The van der Waals surface area contributed by atoms with Gasteiger partial charge < -0.3 is 15.2 Å². The van der Waals surface area contributed by atoms with E-state index in [1.165, 1.54) is 0 Å². The van der Waals surface area contributed by atoms with Gasteiger partial charge in [0.1, 0.15) is 0 Å². The van der Waals surface area contributed by atoms with Crippen molar-refractivity contribution in [2.45, 2.75) is 32.2 Å². The first-order chi connectivity index (χ1) is 7.81. The van der Waals surface area contributed by atoms with Gasteiger partial charge in [0.15, 0.2) is 11.5 Å². The summed E-state index contributed by atoms with van der Waals surface area (Å²) < 4.78 is 11.2. The molecule has 1 aliphatic rings. The first-order valence-electron chi connectivity index (χ1n) is 5.96. The molecule has 0 radical (unpaired) electrons. The minimum atomic E-state index is 0. The molecule has 1 heterocycles. The van der Waals surface area contributed by atoms with Crippen LogP contribution in [0.25, 0.3) is 0 Å². The number of nitrogens with two attached hydrogens (primary N) is 1. The smallest absolute Gasteiger partial charge is 0.161 e. The Bertz CT molecular complexity index is 357. The molecule has 0 aliphatic carbocycles. The predicted octanol–water partition coefficient (Wildman–Crippen LogP) is 3.07. The van der Waals surface area contributed by atoms with Crippen LogP contribution in [0.2, 0.25) is 0 Å². The summed E-state index contributed by atoms with van der Waals surface area (Å²) >= 11 is 0. The Balaban J connectivity index is 0.00000144. The van der Waals surface area contributed by atoms with Gasteiger partial charge in [-0.25, -0.2) is 0 Å². The van der Waals surface area contributed by atoms with Crippen molar-refractivity contribution in [1.82, 2.24) is 0 Å². The van der Waals surface area contributed by atoms with E-state index in [1.54, 1.807) is 0 Å². The molecule has 1 aromatic carbocycles. The van der Waals surface area contributed by atoms with E-state index in [0.29, 0.717) is 0 Å². The molecule has 0 saturated carbocycles. The molecule has 96 valence electrons. The normalized spacial score (nSPS) is 15.6. The molecule has 0 bridgehead atoms. The summed E-state index contributed by atoms with van der Waals surface area (Å²) in [6.45, 7) is 3.59. The van der Waals surface area contributed by atoms with Crippen LogP contribution < -0.4 is 15.2 Å². The van der Waals surface area contributed by atoms with Crippen LogP contribution in [0.1, 0.15) is 37.8 Å². The van der Waals surface area contributed by atoms with Gasteiger partial charge in [0.2, 0.25) is 0 Å². The molecule has 0 aromatic heterocycles. The minimum Gasteiger partial charge on any atom is -0.490 e. The maximum atomic E-state index is 6.08. The summed E-state index contributed by atoms with van der Waals surface area (Å²) in [5, 5.41) is 0. The van der Waals surface area contributed by atoms with Crippen LogP contribution in [0.4, 0.5) is 0 Å². The Hall–Kier alpha value is -0.930. The molecule has 0 amide bonds. The summed E-state index contributed by atoms with van der Waals surface area (Å²) in [5.41, 5.74) is 7.21. The van der Waals surface area contributed by atoms with E-state index in [9.17, 15) is 0 Å². The monoisotopic (exact) mass is 257 g/mol. The lowest BCUT2D eigenvalue weighted by Crippen LogP contribution is -2.09. The zero-order valence-corrected chi connectivity index (χ0v) is 11.0. The Labute approximate surface area is 109 Å². The molecule has 0 fully saturated rings. The zero-order valence-electron chi connectivity index (χ0n) is 10.1. The van der Waals surface area contributed by atoms with Crippen LogP contribution in [0.15, 0.2) is 18.2 Å². The standard InChI is InChI=1S/C13H19NO2.ClH/c1-2-4-11(14)10-5-6-12-13(9-10)16-8-3-7-15-12;/h5-6,9,11H,2-4,7-8,14H2,1H3;1H. The Morgan fingerprint density at radius 1 is 1.24 bits per heavy atom. The van der Waals surface area contributed by atoms with Crippen molar-refractivity contribution in [3.8, 4) is 11.5 Å². The number of hydrogen-bond acceptors (Lipinski definition) is 3. The fourth-order valence-corrected chi connectivity index (χ4v) is 1.89. The molecule has 0 saturated heterocycles. The Morgan fingerprint density at radius 2 is 1.94 bits per heavy atom. The molecule has 1 aliphatic heterocycles. The number of ether oxygens (including phenoxy) is 2. The van der Waals surface area contributed by atoms with Gasteiger partial charge in [-0.3, -0.25) is 0 Å². The van der Waals surface area contributed by atoms with Crippen molar-refractivity contribution in [3.05, 3.63) is 23.8 Å². The van der Waals surface area contributed by atoms with E-state index >= 15 is 0 Å². The van der Waals surface area contributed by atoms with Gasteiger partial charge in [-0.2, -0.15) is 0 Å². The highest BCUT2D eigenvalue weighted by molar-refractivity contribution is 5.85. The highest BCUT2D eigenvalue weighted by atomic mass is 35.5. The van der Waals surface area contributed by atoms with Gasteiger partial charge >= 0.3 is 0 Å². The van der Waals surface area contributed by atoms with Crippen LogP contribution in [0.5, 0.6) is 11.5 Å². The molecule has 1 atom stereocenters. The summed E-state index contributed by atoms with van der Waals surface area (Å²) in [6.07, 6.45) is 3.03. The lowest BCUT2D eigenvalue weighted by Gasteiger charge is -2.14. The lowest BCUT2D eigenvalue weighted by atomic mass is 10.0. The van der Waals surface area contributed by atoms with E-state index in [2.05, 4.69) is 6.92 Å². The van der Waals surface area contributed by atoms with Crippen molar-refractivity contribution >= 4 is 12.4 Å². The number of halogens is 1. The van der Waals surface area contributed by atoms with E-state index in [-0.39, 0.29) is 18.4 Å². The molecule has 2 rings (SSSR count). The van der Waals surface area contributed by atoms with Gasteiger partial charge in [0.25, 0.3) is 0 Å². The molecule has 2 N–H and O–H groups in total. The third kappa shape index (κ3) is 3.51. The molecule has 4 heteroatoms. The molecule has 1 unspecified atom stereocenters. The Kier molecular flexibility index (Phi) is 5.59. The van der Waals surface area contributed by atoms with Crippen LogP contribution in [0, 0.1) is 0 Å². The number of rotatable bonds is 3. The maximum absolute atomic E-state index is 6.08. The summed E-state index contributed by atoms with van der Waals surface area (Å²) in [6, 6.07) is 6.11. The van der Waals surface area contributed by atoms with Crippen LogP contribution >= 0.6 is 12.4 Å².